The molecule has 24 heavy (non-hydrogen) atoms. The summed E-state index contributed by atoms with van der Waals surface area (Å²) in [5.41, 5.74) is 3.64. The second-order valence-corrected chi connectivity index (χ2v) is 6.21. The lowest BCUT2D eigenvalue weighted by Gasteiger charge is -2.11. The molecule has 1 aromatic carbocycles. The van der Waals surface area contributed by atoms with Crippen LogP contribution < -0.4 is 10.1 Å². The highest BCUT2D eigenvalue weighted by atomic mass is 32.1. The van der Waals surface area contributed by atoms with E-state index >= 15 is 0 Å². The third-order valence-electron chi connectivity index (χ3n) is 3.62. The molecule has 0 atom stereocenters. The lowest BCUT2D eigenvalue weighted by atomic mass is 10.1. The molecule has 0 radical (unpaired) electrons. The number of thiophene rings is 1. The number of rotatable bonds is 4. The maximum Gasteiger partial charge on any atom is 0.316 e. The Hall–Kier alpha value is -2.73. The van der Waals surface area contributed by atoms with Crippen LogP contribution in [0, 0.1) is 13.8 Å². The summed E-state index contributed by atoms with van der Waals surface area (Å²) in [4.78, 5) is 22.1. The number of carbonyl (C=O) groups excluding carboxylic acids is 1. The minimum absolute atomic E-state index is 0.187. The average Bonchev–Trinajstić information content (AvgIpc) is 3.12. The van der Waals surface area contributed by atoms with E-state index in [2.05, 4.69) is 21.4 Å². The van der Waals surface area contributed by atoms with Crippen LogP contribution in [0.15, 0.2) is 41.8 Å². The minimum Gasteiger partial charge on any atom is -0.467 e. The average molecular weight is 339 g/mol. The van der Waals surface area contributed by atoms with Crippen LogP contribution in [0.5, 0.6) is 6.01 Å². The first-order valence-corrected chi connectivity index (χ1v) is 8.31. The Labute approximate surface area is 144 Å². The van der Waals surface area contributed by atoms with Crippen molar-refractivity contribution in [2.24, 2.45) is 0 Å². The summed E-state index contributed by atoms with van der Waals surface area (Å²) in [6.07, 6.45) is 0. The number of nitrogens with one attached hydrogen (secondary N) is 1. The standard InChI is InChI=1S/C18H17N3O2S/c1-11-16(12(2)20-18(19-11)23-3)21-17(22)14-8-6-13(7-9-14)15-5-4-10-24-15/h4-10H,1-3H3,(H,21,22). The Balaban J connectivity index is 1.80. The highest BCUT2D eigenvalue weighted by Gasteiger charge is 2.13. The predicted molar refractivity (Wildman–Crippen MR) is 95.8 cm³/mol. The number of ether oxygens (including phenoxy) is 1. The van der Waals surface area contributed by atoms with Gasteiger partial charge in [0.25, 0.3) is 5.91 Å². The molecule has 2 heterocycles. The molecule has 1 amide bonds. The molecule has 0 bridgehead atoms. The third-order valence-corrected chi connectivity index (χ3v) is 4.54. The summed E-state index contributed by atoms with van der Waals surface area (Å²) < 4.78 is 5.04. The van der Waals surface area contributed by atoms with Gasteiger partial charge in [0.05, 0.1) is 24.2 Å². The van der Waals surface area contributed by atoms with Crippen LogP contribution in [0.1, 0.15) is 21.7 Å². The lowest BCUT2D eigenvalue weighted by molar-refractivity contribution is 0.102. The molecule has 122 valence electrons. The van der Waals surface area contributed by atoms with Crippen LogP contribution >= 0.6 is 11.3 Å². The van der Waals surface area contributed by atoms with Crippen molar-refractivity contribution in [2.45, 2.75) is 13.8 Å². The highest BCUT2D eigenvalue weighted by Crippen LogP contribution is 2.25. The van der Waals surface area contributed by atoms with Gasteiger partial charge in [0, 0.05) is 10.4 Å². The van der Waals surface area contributed by atoms with Crippen molar-refractivity contribution in [1.29, 1.82) is 0 Å². The molecule has 1 N–H and O–H groups in total. The van der Waals surface area contributed by atoms with Crippen molar-refractivity contribution in [3.63, 3.8) is 0 Å². The van der Waals surface area contributed by atoms with Crippen molar-refractivity contribution in [1.82, 2.24) is 9.97 Å². The molecule has 0 spiro atoms. The summed E-state index contributed by atoms with van der Waals surface area (Å²) in [6.45, 7) is 3.62. The van der Waals surface area contributed by atoms with Crippen LogP contribution in [0.2, 0.25) is 0 Å². The molecule has 0 aliphatic heterocycles. The molecule has 0 fully saturated rings. The predicted octanol–water partition coefficient (Wildman–Crippen LogP) is 4.08. The maximum absolute atomic E-state index is 12.5. The molecular formula is C18H17N3O2S. The largest absolute Gasteiger partial charge is 0.467 e. The summed E-state index contributed by atoms with van der Waals surface area (Å²) in [5.74, 6) is -0.187. The SMILES string of the molecule is COc1nc(C)c(NC(=O)c2ccc(-c3cccs3)cc2)c(C)n1. The zero-order chi connectivity index (χ0) is 17.1. The number of methoxy groups -OCH3 is 1. The van der Waals surface area contributed by atoms with Crippen molar-refractivity contribution in [3.05, 3.63) is 58.7 Å². The third kappa shape index (κ3) is 3.28. The molecule has 3 rings (SSSR count). The van der Waals surface area contributed by atoms with E-state index in [-0.39, 0.29) is 5.91 Å². The van der Waals surface area contributed by atoms with Gasteiger partial charge in [0.2, 0.25) is 0 Å². The molecule has 0 unspecified atom stereocenters. The van der Waals surface area contributed by atoms with Gasteiger partial charge in [0.1, 0.15) is 0 Å². The van der Waals surface area contributed by atoms with Gasteiger partial charge in [-0.1, -0.05) is 18.2 Å². The van der Waals surface area contributed by atoms with Crippen molar-refractivity contribution >= 4 is 22.9 Å². The van der Waals surface area contributed by atoms with Crippen LogP contribution in [-0.4, -0.2) is 23.0 Å². The fourth-order valence-corrected chi connectivity index (χ4v) is 3.11. The molecule has 0 aliphatic carbocycles. The van der Waals surface area contributed by atoms with E-state index in [0.717, 1.165) is 5.56 Å². The number of aromatic nitrogens is 2. The number of hydrogen-bond acceptors (Lipinski definition) is 5. The highest BCUT2D eigenvalue weighted by molar-refractivity contribution is 7.13. The van der Waals surface area contributed by atoms with E-state index in [9.17, 15) is 4.79 Å². The molecule has 5 nitrogen and oxygen atoms in total. The molecule has 0 saturated heterocycles. The quantitative estimate of drug-likeness (QED) is 0.778. The number of hydrogen-bond donors (Lipinski definition) is 1. The fourth-order valence-electron chi connectivity index (χ4n) is 2.37. The molecule has 0 aliphatic rings. The maximum atomic E-state index is 12.5. The van der Waals surface area contributed by atoms with E-state index in [1.165, 1.54) is 12.0 Å². The second kappa shape index (κ2) is 6.80. The smallest absolute Gasteiger partial charge is 0.316 e. The van der Waals surface area contributed by atoms with E-state index < -0.39 is 0 Å². The normalized spacial score (nSPS) is 10.5. The van der Waals surface area contributed by atoms with E-state index in [0.29, 0.717) is 28.6 Å². The monoisotopic (exact) mass is 339 g/mol. The van der Waals surface area contributed by atoms with Gasteiger partial charge < -0.3 is 10.1 Å². The molecule has 0 saturated carbocycles. The van der Waals surface area contributed by atoms with Gasteiger partial charge in [-0.05, 0) is 43.0 Å². The van der Waals surface area contributed by atoms with Crippen LogP contribution in [-0.2, 0) is 0 Å². The number of nitrogens with zero attached hydrogens (tertiary/aromatic N) is 2. The van der Waals surface area contributed by atoms with Crippen LogP contribution in [0.25, 0.3) is 10.4 Å². The van der Waals surface area contributed by atoms with Gasteiger partial charge in [-0.3, -0.25) is 4.79 Å². The Morgan fingerprint density at radius 1 is 1.08 bits per heavy atom. The first-order valence-electron chi connectivity index (χ1n) is 7.43. The Bertz CT molecular complexity index is 835. The number of carbonyl (C=O) groups is 1. The number of amides is 1. The molecule has 6 heteroatoms. The van der Waals surface area contributed by atoms with Gasteiger partial charge in [-0.15, -0.1) is 11.3 Å². The second-order valence-electron chi connectivity index (χ2n) is 5.26. The molecule has 3 aromatic rings. The fraction of sp³-hybridized carbons (Fsp3) is 0.167. The summed E-state index contributed by atoms with van der Waals surface area (Å²) in [5, 5.41) is 4.92. The summed E-state index contributed by atoms with van der Waals surface area (Å²) >= 11 is 1.67. The van der Waals surface area contributed by atoms with E-state index in [1.807, 2.05) is 49.6 Å². The zero-order valence-corrected chi connectivity index (χ0v) is 14.5. The van der Waals surface area contributed by atoms with Gasteiger partial charge in [-0.2, -0.15) is 9.97 Å². The number of aryl methyl sites for hydroxylation is 2. The zero-order valence-electron chi connectivity index (χ0n) is 13.7. The van der Waals surface area contributed by atoms with Gasteiger partial charge >= 0.3 is 6.01 Å². The Morgan fingerprint density at radius 3 is 2.29 bits per heavy atom. The van der Waals surface area contributed by atoms with Crippen molar-refractivity contribution in [3.8, 4) is 16.5 Å². The lowest BCUT2D eigenvalue weighted by Crippen LogP contribution is -2.15. The van der Waals surface area contributed by atoms with Crippen molar-refractivity contribution < 1.29 is 9.53 Å². The van der Waals surface area contributed by atoms with Gasteiger partial charge in [0.15, 0.2) is 0 Å². The van der Waals surface area contributed by atoms with Gasteiger partial charge in [-0.25, -0.2) is 0 Å². The Morgan fingerprint density at radius 2 is 1.75 bits per heavy atom. The van der Waals surface area contributed by atoms with Crippen LogP contribution in [0.4, 0.5) is 5.69 Å². The van der Waals surface area contributed by atoms with Crippen molar-refractivity contribution in [2.75, 3.05) is 12.4 Å². The number of benzene rings is 1. The van der Waals surface area contributed by atoms with E-state index in [1.54, 1.807) is 11.3 Å². The summed E-state index contributed by atoms with van der Waals surface area (Å²) in [6, 6.07) is 11.9. The topological polar surface area (TPSA) is 64.1 Å². The van der Waals surface area contributed by atoms with Crippen LogP contribution in [0.3, 0.4) is 0 Å². The number of anilines is 1. The minimum atomic E-state index is -0.187. The first kappa shape index (κ1) is 16.1. The molecular weight excluding hydrogens is 322 g/mol. The summed E-state index contributed by atoms with van der Waals surface area (Å²) in [7, 11) is 1.52. The first-order chi connectivity index (χ1) is 11.6. The molecule has 2 aromatic heterocycles. The van der Waals surface area contributed by atoms with E-state index in [4.69, 9.17) is 4.74 Å². The Kier molecular flexibility index (Phi) is 4.57.